The fourth-order valence-corrected chi connectivity index (χ4v) is 5.02. The molecule has 0 spiro atoms. The number of hydrogen-bond donors (Lipinski definition) is 1. The minimum absolute atomic E-state index is 0.133. The van der Waals surface area contributed by atoms with E-state index in [4.69, 9.17) is 21.4 Å². The number of hydrogen-bond acceptors (Lipinski definition) is 5. The maximum absolute atomic E-state index is 12.6. The summed E-state index contributed by atoms with van der Waals surface area (Å²) < 4.78 is 33.1. The Hall–Kier alpha value is -3.03. The Balaban J connectivity index is 1.52. The van der Waals surface area contributed by atoms with Crippen LogP contribution < -0.4 is 9.46 Å². The SMILES string of the molecule is COc1ccc(C2CC(c3ccc(NS(=O)(=O)c4ccc(Cl)cc4)cc3)=NN2C(C)C)cc1. The molecule has 0 saturated carbocycles. The number of halogens is 1. The van der Waals surface area contributed by atoms with E-state index in [9.17, 15) is 8.42 Å². The van der Waals surface area contributed by atoms with Crippen molar-refractivity contribution in [2.45, 2.75) is 37.2 Å². The Morgan fingerprint density at radius 3 is 2.21 bits per heavy atom. The quantitative estimate of drug-likeness (QED) is 0.467. The van der Waals surface area contributed by atoms with Gasteiger partial charge in [-0.1, -0.05) is 35.9 Å². The third-order valence-electron chi connectivity index (χ3n) is 5.57. The monoisotopic (exact) mass is 483 g/mol. The second-order valence-electron chi connectivity index (χ2n) is 8.15. The molecule has 0 bridgehead atoms. The number of benzene rings is 3. The Morgan fingerprint density at radius 1 is 1.00 bits per heavy atom. The third-order valence-corrected chi connectivity index (χ3v) is 7.22. The van der Waals surface area contributed by atoms with Gasteiger partial charge in [0.1, 0.15) is 5.75 Å². The first-order valence-corrected chi connectivity index (χ1v) is 12.5. The highest BCUT2D eigenvalue weighted by Gasteiger charge is 2.30. The van der Waals surface area contributed by atoms with Gasteiger partial charge in [-0.05, 0) is 73.5 Å². The molecule has 1 unspecified atom stereocenters. The van der Waals surface area contributed by atoms with E-state index in [0.717, 1.165) is 23.4 Å². The molecule has 33 heavy (non-hydrogen) atoms. The summed E-state index contributed by atoms with van der Waals surface area (Å²) in [5, 5.41) is 7.49. The van der Waals surface area contributed by atoms with Crippen molar-refractivity contribution in [1.82, 2.24) is 5.01 Å². The number of methoxy groups -OCH3 is 1. The standard InChI is InChI=1S/C25H26ClN3O3S/c1-17(2)29-25(19-6-12-22(32-3)13-7-19)16-24(27-29)18-4-10-21(11-5-18)28-33(30,31)23-14-8-20(26)9-15-23/h4-15,17,25,28H,16H2,1-3H3. The van der Waals surface area contributed by atoms with Crippen LogP contribution in [0.1, 0.15) is 37.4 Å². The first-order chi connectivity index (χ1) is 15.8. The molecule has 0 aliphatic carbocycles. The summed E-state index contributed by atoms with van der Waals surface area (Å²) in [6.07, 6.45) is 0.764. The van der Waals surface area contributed by atoms with Gasteiger partial charge in [0.2, 0.25) is 0 Å². The van der Waals surface area contributed by atoms with Gasteiger partial charge in [0.05, 0.1) is 23.8 Å². The molecule has 1 aliphatic rings. The summed E-state index contributed by atoms with van der Waals surface area (Å²) in [6, 6.07) is 21.8. The van der Waals surface area contributed by atoms with E-state index in [2.05, 4.69) is 35.7 Å². The molecule has 6 nitrogen and oxygen atoms in total. The smallest absolute Gasteiger partial charge is 0.261 e. The fourth-order valence-electron chi connectivity index (χ4n) is 3.83. The molecule has 0 amide bonds. The molecule has 0 fully saturated rings. The molecule has 8 heteroatoms. The van der Waals surface area contributed by atoms with Crippen LogP contribution in [-0.2, 0) is 10.0 Å². The van der Waals surface area contributed by atoms with Crippen LogP contribution in [0.4, 0.5) is 5.69 Å². The average molecular weight is 484 g/mol. The van der Waals surface area contributed by atoms with Gasteiger partial charge in [-0.3, -0.25) is 9.73 Å². The van der Waals surface area contributed by atoms with Crippen molar-refractivity contribution in [3.05, 3.63) is 88.9 Å². The zero-order chi connectivity index (χ0) is 23.6. The number of nitrogens with one attached hydrogen (secondary N) is 1. The van der Waals surface area contributed by atoms with Crippen molar-refractivity contribution in [3.8, 4) is 5.75 Å². The Bertz CT molecular complexity index is 1240. The van der Waals surface area contributed by atoms with Crippen molar-refractivity contribution < 1.29 is 13.2 Å². The number of nitrogens with zero attached hydrogens (tertiary/aromatic N) is 2. The predicted molar refractivity (Wildman–Crippen MR) is 133 cm³/mol. The zero-order valence-electron chi connectivity index (χ0n) is 18.7. The molecule has 172 valence electrons. The summed E-state index contributed by atoms with van der Waals surface area (Å²) in [5.74, 6) is 0.825. The van der Waals surface area contributed by atoms with Gasteiger partial charge < -0.3 is 4.74 Å². The van der Waals surface area contributed by atoms with E-state index in [1.807, 2.05) is 24.3 Å². The largest absolute Gasteiger partial charge is 0.497 e. The van der Waals surface area contributed by atoms with Gasteiger partial charge in [-0.15, -0.1) is 0 Å². The highest BCUT2D eigenvalue weighted by Crippen LogP contribution is 2.35. The Kier molecular flexibility index (Phi) is 6.63. The van der Waals surface area contributed by atoms with Gasteiger partial charge >= 0.3 is 0 Å². The van der Waals surface area contributed by atoms with E-state index in [0.29, 0.717) is 10.7 Å². The van der Waals surface area contributed by atoms with Crippen LogP contribution in [0.2, 0.25) is 5.02 Å². The van der Waals surface area contributed by atoms with Crippen molar-refractivity contribution in [3.63, 3.8) is 0 Å². The fraction of sp³-hybridized carbons (Fsp3) is 0.240. The van der Waals surface area contributed by atoms with Gasteiger partial charge in [0, 0.05) is 23.2 Å². The highest BCUT2D eigenvalue weighted by atomic mass is 35.5. The van der Waals surface area contributed by atoms with Crippen LogP contribution in [0.3, 0.4) is 0 Å². The molecule has 0 aromatic heterocycles. The van der Waals surface area contributed by atoms with Gasteiger partial charge in [0.15, 0.2) is 0 Å². The molecule has 1 aliphatic heterocycles. The topological polar surface area (TPSA) is 71.0 Å². The van der Waals surface area contributed by atoms with Crippen molar-refractivity contribution in [2.75, 3.05) is 11.8 Å². The van der Waals surface area contributed by atoms with Crippen molar-refractivity contribution >= 4 is 33.0 Å². The van der Waals surface area contributed by atoms with Gasteiger partial charge in [0.25, 0.3) is 10.0 Å². The molecule has 1 atom stereocenters. The summed E-state index contributed by atoms with van der Waals surface area (Å²) in [7, 11) is -2.03. The minimum atomic E-state index is -3.69. The normalized spacial score (nSPS) is 16.1. The summed E-state index contributed by atoms with van der Waals surface area (Å²) in [5.41, 5.74) is 3.60. The summed E-state index contributed by atoms with van der Waals surface area (Å²) >= 11 is 5.86. The van der Waals surface area contributed by atoms with E-state index in [-0.39, 0.29) is 17.0 Å². The number of hydrazone groups is 1. The second-order valence-corrected chi connectivity index (χ2v) is 10.3. The van der Waals surface area contributed by atoms with Gasteiger partial charge in [-0.2, -0.15) is 5.10 Å². The van der Waals surface area contributed by atoms with E-state index >= 15 is 0 Å². The van der Waals surface area contributed by atoms with Gasteiger partial charge in [-0.25, -0.2) is 8.42 Å². The molecule has 3 aromatic carbocycles. The van der Waals surface area contributed by atoms with Crippen LogP contribution in [-0.4, -0.2) is 32.3 Å². The third kappa shape index (κ3) is 5.15. The Labute approximate surface area is 199 Å². The van der Waals surface area contributed by atoms with Crippen LogP contribution in [0.25, 0.3) is 0 Å². The van der Waals surface area contributed by atoms with Crippen LogP contribution in [0, 0.1) is 0 Å². The van der Waals surface area contributed by atoms with Crippen molar-refractivity contribution in [1.29, 1.82) is 0 Å². The molecule has 4 rings (SSSR count). The molecule has 0 saturated heterocycles. The summed E-state index contributed by atoms with van der Waals surface area (Å²) in [6.45, 7) is 4.25. The molecular formula is C25H26ClN3O3S. The number of anilines is 1. The number of ether oxygens (including phenoxy) is 1. The molecule has 3 aromatic rings. The number of rotatable bonds is 7. The molecule has 0 radical (unpaired) electrons. The predicted octanol–water partition coefficient (Wildman–Crippen LogP) is 5.71. The summed E-state index contributed by atoms with van der Waals surface area (Å²) in [4.78, 5) is 0.158. The number of sulfonamides is 1. The van der Waals surface area contributed by atoms with E-state index in [1.54, 1.807) is 31.4 Å². The molecular weight excluding hydrogens is 458 g/mol. The van der Waals surface area contributed by atoms with E-state index < -0.39 is 10.0 Å². The van der Waals surface area contributed by atoms with E-state index in [1.165, 1.54) is 17.7 Å². The maximum Gasteiger partial charge on any atom is 0.261 e. The lowest BCUT2D eigenvalue weighted by Crippen LogP contribution is -2.26. The minimum Gasteiger partial charge on any atom is -0.497 e. The van der Waals surface area contributed by atoms with Crippen LogP contribution in [0.15, 0.2) is 82.8 Å². The Morgan fingerprint density at radius 2 is 1.64 bits per heavy atom. The lowest BCUT2D eigenvalue weighted by Gasteiger charge is -2.27. The zero-order valence-corrected chi connectivity index (χ0v) is 20.3. The van der Waals surface area contributed by atoms with Crippen LogP contribution >= 0.6 is 11.6 Å². The second kappa shape index (κ2) is 9.45. The first kappa shape index (κ1) is 23.1. The lowest BCUT2D eigenvalue weighted by molar-refractivity contribution is 0.184. The molecule has 1 heterocycles. The van der Waals surface area contributed by atoms with Crippen LogP contribution in [0.5, 0.6) is 5.75 Å². The average Bonchev–Trinajstić information content (AvgIpc) is 3.25. The van der Waals surface area contributed by atoms with Crippen molar-refractivity contribution in [2.24, 2.45) is 5.10 Å². The maximum atomic E-state index is 12.6. The highest BCUT2D eigenvalue weighted by molar-refractivity contribution is 7.92. The first-order valence-electron chi connectivity index (χ1n) is 10.7. The molecule has 1 N–H and O–H groups in total. The lowest BCUT2D eigenvalue weighted by atomic mass is 9.98.